The number of pyridine rings is 2. The van der Waals surface area contributed by atoms with Crippen molar-refractivity contribution in [1.82, 2.24) is 19.9 Å². The summed E-state index contributed by atoms with van der Waals surface area (Å²) in [5.41, 5.74) is 3.18. The summed E-state index contributed by atoms with van der Waals surface area (Å²) in [4.78, 5) is 14.7. The van der Waals surface area contributed by atoms with E-state index in [0.717, 1.165) is 67.3 Å². The van der Waals surface area contributed by atoms with Gasteiger partial charge in [0.05, 0.1) is 38.6 Å². The number of benzene rings is 1. The Balaban J connectivity index is 0.00000137. The molecule has 2 aliphatic rings. The van der Waals surface area contributed by atoms with Crippen molar-refractivity contribution >= 4 is 21.9 Å². The number of ether oxygens (including phenoxy) is 4. The van der Waals surface area contributed by atoms with E-state index < -0.39 is 0 Å². The molecule has 0 unspecified atom stereocenters. The van der Waals surface area contributed by atoms with Crippen molar-refractivity contribution < 1.29 is 24.1 Å². The average molecular weight is 507 g/mol. The smallest absolute Gasteiger partial charge is 0.163 e. The van der Waals surface area contributed by atoms with E-state index in [1.54, 1.807) is 19.5 Å². The molecule has 2 saturated heterocycles. The monoisotopic (exact) mass is 506 g/mol. The van der Waals surface area contributed by atoms with Crippen molar-refractivity contribution in [2.24, 2.45) is 5.41 Å². The summed E-state index contributed by atoms with van der Waals surface area (Å²) in [6, 6.07) is 9.74. The first-order valence-electron chi connectivity index (χ1n) is 12.6. The SMILES string of the molecule is CO.COc1cc2c(Oc3cnc4[nH]c(C)cc4c3)ccnc2cc1OCCCCN1CC2(COC2)C1. The van der Waals surface area contributed by atoms with E-state index in [1.807, 2.05) is 31.2 Å². The number of aliphatic hydroxyl groups excluding tert-OH is 1. The molecule has 9 heteroatoms. The van der Waals surface area contributed by atoms with Crippen LogP contribution in [0.25, 0.3) is 21.9 Å². The third-order valence-electron chi connectivity index (χ3n) is 6.86. The van der Waals surface area contributed by atoms with Gasteiger partial charge in [0.25, 0.3) is 0 Å². The van der Waals surface area contributed by atoms with Gasteiger partial charge in [-0.05, 0) is 50.6 Å². The van der Waals surface area contributed by atoms with E-state index in [0.29, 0.717) is 35.0 Å². The number of aromatic amines is 1. The Morgan fingerprint density at radius 3 is 2.65 bits per heavy atom. The van der Waals surface area contributed by atoms with Crippen molar-refractivity contribution in [3.8, 4) is 23.0 Å². The Morgan fingerprint density at radius 1 is 1.05 bits per heavy atom. The number of fused-ring (bicyclic) bond motifs is 2. The van der Waals surface area contributed by atoms with E-state index in [4.69, 9.17) is 24.1 Å². The zero-order chi connectivity index (χ0) is 25.8. The van der Waals surface area contributed by atoms with Crippen LogP contribution in [0.2, 0.25) is 0 Å². The maximum Gasteiger partial charge on any atom is 0.163 e. The number of methoxy groups -OCH3 is 1. The van der Waals surface area contributed by atoms with E-state index in [-0.39, 0.29) is 0 Å². The van der Waals surface area contributed by atoms with Crippen LogP contribution in [0.4, 0.5) is 0 Å². The van der Waals surface area contributed by atoms with Gasteiger partial charge in [0.1, 0.15) is 17.1 Å². The van der Waals surface area contributed by atoms with Gasteiger partial charge >= 0.3 is 0 Å². The van der Waals surface area contributed by atoms with Gasteiger partial charge < -0.3 is 33.9 Å². The summed E-state index contributed by atoms with van der Waals surface area (Å²) in [7, 11) is 2.65. The first kappa shape index (κ1) is 25.3. The minimum Gasteiger partial charge on any atom is -0.493 e. The lowest BCUT2D eigenvalue weighted by Crippen LogP contribution is -2.65. The van der Waals surface area contributed by atoms with Crippen molar-refractivity contribution in [2.75, 3.05) is 53.7 Å². The highest BCUT2D eigenvalue weighted by Crippen LogP contribution is 2.38. The number of aromatic nitrogens is 3. The molecule has 0 amide bonds. The predicted octanol–water partition coefficient (Wildman–Crippen LogP) is 4.32. The fourth-order valence-electron chi connectivity index (χ4n) is 5.06. The van der Waals surface area contributed by atoms with Crippen molar-refractivity contribution in [3.05, 3.63) is 48.4 Å². The summed E-state index contributed by atoms with van der Waals surface area (Å²) < 4.78 is 23.3. The largest absolute Gasteiger partial charge is 0.493 e. The Bertz CT molecular complexity index is 1360. The lowest BCUT2D eigenvalue weighted by atomic mass is 9.78. The molecule has 1 aromatic carbocycles. The summed E-state index contributed by atoms with van der Waals surface area (Å²) in [6.45, 7) is 8.00. The lowest BCUT2D eigenvalue weighted by Gasteiger charge is -2.55. The number of unbranched alkanes of at least 4 members (excludes halogenated alkanes) is 1. The molecule has 0 bridgehead atoms. The first-order valence-corrected chi connectivity index (χ1v) is 12.6. The standard InChI is InChI=1S/C27H30N4O4.CH4O/c1-18-9-19-10-20(13-29-26(19)30-18)35-23-5-6-28-22-12-25(24(32-2)11-21(22)23)34-8-4-3-7-31-14-27(15-31)16-33-17-27;1-2/h5-6,9-13H,3-4,7-8,14-17H2,1-2H3,(H,29,30);2H,1H3. The molecule has 2 fully saturated rings. The second-order valence-corrected chi connectivity index (χ2v) is 9.75. The average Bonchev–Trinajstić information content (AvgIpc) is 3.24. The van der Waals surface area contributed by atoms with Crippen LogP contribution in [0.3, 0.4) is 0 Å². The molecule has 2 aliphatic heterocycles. The molecule has 37 heavy (non-hydrogen) atoms. The molecule has 196 valence electrons. The Kier molecular flexibility index (Phi) is 7.45. The minimum absolute atomic E-state index is 0.481. The number of H-pyrrole nitrogens is 1. The maximum atomic E-state index is 7.00. The number of hydrogen-bond donors (Lipinski definition) is 2. The number of hydrogen-bond acceptors (Lipinski definition) is 8. The van der Waals surface area contributed by atoms with E-state index in [1.165, 1.54) is 13.1 Å². The van der Waals surface area contributed by atoms with Crippen molar-refractivity contribution in [3.63, 3.8) is 0 Å². The molecule has 0 aliphatic carbocycles. The van der Waals surface area contributed by atoms with Crippen molar-refractivity contribution in [1.29, 1.82) is 0 Å². The van der Waals surface area contributed by atoms with Gasteiger partial charge in [-0.25, -0.2) is 4.98 Å². The van der Waals surface area contributed by atoms with Crippen LogP contribution in [0.5, 0.6) is 23.0 Å². The fraction of sp³-hybridized carbons (Fsp3) is 0.429. The summed E-state index contributed by atoms with van der Waals surface area (Å²) in [5.74, 6) is 2.73. The Morgan fingerprint density at radius 2 is 1.89 bits per heavy atom. The summed E-state index contributed by atoms with van der Waals surface area (Å²) in [6.07, 6.45) is 5.57. The van der Waals surface area contributed by atoms with E-state index in [2.05, 4.69) is 25.9 Å². The molecule has 0 radical (unpaired) electrons. The van der Waals surface area contributed by atoms with Crippen LogP contribution in [-0.4, -0.2) is 78.6 Å². The molecule has 5 heterocycles. The molecule has 0 saturated carbocycles. The predicted molar refractivity (Wildman–Crippen MR) is 142 cm³/mol. The van der Waals surface area contributed by atoms with Crippen LogP contribution in [0.1, 0.15) is 18.5 Å². The molecule has 1 spiro atoms. The van der Waals surface area contributed by atoms with Gasteiger partial charge in [0.15, 0.2) is 11.5 Å². The van der Waals surface area contributed by atoms with Crippen LogP contribution in [0, 0.1) is 12.3 Å². The molecule has 6 rings (SSSR count). The number of nitrogens with one attached hydrogen (secondary N) is 1. The lowest BCUT2D eigenvalue weighted by molar-refractivity contribution is -0.188. The van der Waals surface area contributed by atoms with Crippen LogP contribution >= 0.6 is 0 Å². The van der Waals surface area contributed by atoms with Crippen LogP contribution in [-0.2, 0) is 4.74 Å². The van der Waals surface area contributed by atoms with Crippen LogP contribution < -0.4 is 14.2 Å². The number of rotatable bonds is 9. The molecule has 3 aromatic heterocycles. The van der Waals surface area contributed by atoms with E-state index in [9.17, 15) is 0 Å². The van der Waals surface area contributed by atoms with Crippen molar-refractivity contribution in [2.45, 2.75) is 19.8 Å². The van der Waals surface area contributed by atoms with Gasteiger partial charge in [0, 0.05) is 54.3 Å². The van der Waals surface area contributed by atoms with Gasteiger partial charge in [0.2, 0.25) is 0 Å². The molecular weight excluding hydrogens is 472 g/mol. The maximum absolute atomic E-state index is 7.00. The van der Waals surface area contributed by atoms with Crippen LogP contribution in [0.15, 0.2) is 42.7 Å². The van der Waals surface area contributed by atoms with Gasteiger partial charge in [-0.2, -0.15) is 0 Å². The second kappa shape index (κ2) is 10.9. The van der Waals surface area contributed by atoms with Gasteiger partial charge in [-0.15, -0.1) is 0 Å². The summed E-state index contributed by atoms with van der Waals surface area (Å²) in [5, 5.41) is 8.87. The highest BCUT2D eigenvalue weighted by atomic mass is 16.5. The Hall–Kier alpha value is -3.40. The number of likely N-dealkylation sites (tertiary alicyclic amines) is 1. The molecule has 2 N–H and O–H groups in total. The van der Waals surface area contributed by atoms with Gasteiger partial charge in [-0.1, -0.05) is 0 Å². The van der Waals surface area contributed by atoms with E-state index >= 15 is 0 Å². The number of aliphatic hydroxyl groups is 1. The highest BCUT2D eigenvalue weighted by molar-refractivity contribution is 5.88. The zero-order valence-electron chi connectivity index (χ0n) is 21.6. The summed E-state index contributed by atoms with van der Waals surface area (Å²) >= 11 is 0. The molecule has 0 atom stereocenters. The normalized spacial score (nSPS) is 16.1. The number of aryl methyl sites for hydroxylation is 1. The first-order chi connectivity index (χ1) is 18.1. The zero-order valence-corrected chi connectivity index (χ0v) is 21.6. The quantitative estimate of drug-likeness (QED) is 0.324. The molecule has 4 aromatic rings. The highest BCUT2D eigenvalue weighted by Gasteiger charge is 2.48. The third kappa shape index (κ3) is 5.34. The van der Waals surface area contributed by atoms with Gasteiger partial charge in [-0.3, -0.25) is 4.98 Å². The minimum atomic E-state index is 0.481. The second-order valence-electron chi connectivity index (χ2n) is 9.75. The molecule has 9 nitrogen and oxygen atoms in total. The molecular formula is C28H34N4O5. The Labute approximate surface area is 216 Å². The fourth-order valence-corrected chi connectivity index (χ4v) is 5.06. The topological polar surface area (TPSA) is 102 Å². The number of nitrogens with zero attached hydrogens (tertiary/aromatic N) is 3. The third-order valence-corrected chi connectivity index (χ3v) is 6.86.